The first-order valence-electron chi connectivity index (χ1n) is 10.1. The second-order valence-corrected chi connectivity index (χ2v) is 7.66. The number of carbonyl (C=O) groups is 1. The van der Waals surface area contributed by atoms with Crippen LogP contribution >= 0.6 is 0 Å². The zero-order valence-electron chi connectivity index (χ0n) is 17.0. The summed E-state index contributed by atoms with van der Waals surface area (Å²) in [5.74, 6) is -0.680. The molecule has 0 spiro atoms. The first-order valence-corrected chi connectivity index (χ1v) is 10.1. The van der Waals surface area contributed by atoms with E-state index in [2.05, 4.69) is 24.9 Å². The molecule has 5 rings (SSSR count). The van der Waals surface area contributed by atoms with Crippen LogP contribution in [0.3, 0.4) is 0 Å². The average molecular weight is 459 g/mol. The van der Waals surface area contributed by atoms with Gasteiger partial charge in [-0.15, -0.1) is 13.2 Å². The lowest BCUT2D eigenvalue weighted by Gasteiger charge is -2.36. The first kappa shape index (κ1) is 21.0. The van der Waals surface area contributed by atoms with Gasteiger partial charge in [-0.2, -0.15) is 0 Å². The second kappa shape index (κ2) is 7.91. The molecule has 0 radical (unpaired) electrons. The summed E-state index contributed by atoms with van der Waals surface area (Å²) < 4.78 is 55.9. The molecular formula is C22H17F4N5O2. The molecule has 33 heavy (non-hydrogen) atoms. The fraction of sp³-hybridized carbons (Fsp3) is 0.227. The maximum absolute atomic E-state index is 14.0. The van der Waals surface area contributed by atoms with E-state index in [1.807, 2.05) is 0 Å². The van der Waals surface area contributed by atoms with Crippen LogP contribution in [0.15, 0.2) is 54.9 Å². The topological polar surface area (TPSA) is 70.6 Å². The molecule has 1 saturated heterocycles. The summed E-state index contributed by atoms with van der Waals surface area (Å²) in [5, 5.41) is 2.57. The average Bonchev–Trinajstić information content (AvgIpc) is 3.18. The van der Waals surface area contributed by atoms with Gasteiger partial charge >= 0.3 is 12.4 Å². The number of ether oxygens (including phenoxy) is 1. The van der Waals surface area contributed by atoms with Crippen molar-refractivity contribution in [3.8, 4) is 17.0 Å². The number of pyridine rings is 2. The van der Waals surface area contributed by atoms with Gasteiger partial charge < -0.3 is 15.0 Å². The van der Waals surface area contributed by atoms with Gasteiger partial charge in [-0.05, 0) is 36.8 Å². The summed E-state index contributed by atoms with van der Waals surface area (Å²) in [5.41, 5.74) is 1.48. The molecule has 1 N–H and O–H groups in total. The zero-order valence-corrected chi connectivity index (χ0v) is 17.0. The van der Waals surface area contributed by atoms with E-state index in [4.69, 9.17) is 0 Å². The van der Waals surface area contributed by atoms with Gasteiger partial charge in [-0.1, -0.05) is 12.1 Å². The van der Waals surface area contributed by atoms with Crippen molar-refractivity contribution < 1.29 is 27.1 Å². The molecule has 1 fully saturated rings. The van der Waals surface area contributed by atoms with Crippen molar-refractivity contribution in [2.45, 2.75) is 18.8 Å². The van der Waals surface area contributed by atoms with Crippen LogP contribution in [0.5, 0.6) is 5.75 Å². The van der Waals surface area contributed by atoms with Gasteiger partial charge in [-0.3, -0.25) is 9.88 Å². The Morgan fingerprint density at radius 2 is 2.03 bits per heavy atom. The van der Waals surface area contributed by atoms with E-state index in [1.54, 1.807) is 18.2 Å². The van der Waals surface area contributed by atoms with Crippen molar-refractivity contribution in [3.63, 3.8) is 0 Å². The van der Waals surface area contributed by atoms with Crippen LogP contribution in [0.25, 0.3) is 11.3 Å². The number of alkyl halides is 3. The minimum absolute atomic E-state index is 0.00914. The lowest BCUT2D eigenvalue weighted by atomic mass is 10.1. The quantitative estimate of drug-likeness (QED) is 0.570. The fourth-order valence-electron chi connectivity index (χ4n) is 4.14. The van der Waals surface area contributed by atoms with E-state index in [9.17, 15) is 22.4 Å². The van der Waals surface area contributed by atoms with Crippen molar-refractivity contribution in [2.75, 3.05) is 28.2 Å². The van der Waals surface area contributed by atoms with Crippen LogP contribution in [-0.4, -0.2) is 41.5 Å². The predicted octanol–water partition coefficient (Wildman–Crippen LogP) is 4.81. The first-order chi connectivity index (χ1) is 15.8. The van der Waals surface area contributed by atoms with Gasteiger partial charge in [-0.25, -0.2) is 14.2 Å². The van der Waals surface area contributed by atoms with Crippen LogP contribution in [0.1, 0.15) is 6.42 Å². The predicted molar refractivity (Wildman–Crippen MR) is 113 cm³/mol. The highest BCUT2D eigenvalue weighted by molar-refractivity contribution is 6.04. The minimum Gasteiger partial charge on any atom is -0.406 e. The number of anilines is 3. The molecule has 4 heterocycles. The van der Waals surface area contributed by atoms with E-state index >= 15 is 0 Å². The number of hydrogen-bond donors (Lipinski definition) is 1. The number of amides is 2. The number of benzene rings is 1. The Bertz CT molecular complexity index is 1220. The molecule has 0 unspecified atom stereocenters. The summed E-state index contributed by atoms with van der Waals surface area (Å²) in [6, 6.07) is 9.56. The molecule has 1 aromatic carbocycles. The maximum Gasteiger partial charge on any atom is 0.573 e. The van der Waals surface area contributed by atoms with Crippen LogP contribution in [0, 0.1) is 5.82 Å². The van der Waals surface area contributed by atoms with Crippen molar-refractivity contribution >= 4 is 23.2 Å². The van der Waals surface area contributed by atoms with E-state index in [0.29, 0.717) is 30.0 Å². The highest BCUT2D eigenvalue weighted by Crippen LogP contribution is 2.40. The van der Waals surface area contributed by atoms with E-state index in [0.717, 1.165) is 18.4 Å². The van der Waals surface area contributed by atoms with Gasteiger partial charge in [0.15, 0.2) is 11.6 Å². The van der Waals surface area contributed by atoms with E-state index in [1.165, 1.54) is 35.4 Å². The Morgan fingerprint density at radius 3 is 2.82 bits per heavy atom. The smallest absolute Gasteiger partial charge is 0.406 e. The lowest BCUT2D eigenvalue weighted by Crippen LogP contribution is -2.48. The molecule has 7 nitrogen and oxygen atoms in total. The summed E-state index contributed by atoms with van der Waals surface area (Å²) in [6.07, 6.45) is -1.74. The number of halogens is 4. The fourth-order valence-corrected chi connectivity index (χ4v) is 4.14. The molecule has 3 aromatic rings. The molecule has 2 aromatic heterocycles. The molecule has 170 valence electrons. The van der Waals surface area contributed by atoms with Crippen molar-refractivity contribution in [3.05, 3.63) is 60.7 Å². The highest BCUT2D eigenvalue weighted by atomic mass is 19.4. The molecule has 2 bridgehead atoms. The number of urea groups is 1. The summed E-state index contributed by atoms with van der Waals surface area (Å²) in [4.78, 5) is 25.0. The second-order valence-electron chi connectivity index (χ2n) is 7.66. The number of hydrogen-bond acceptors (Lipinski definition) is 5. The van der Waals surface area contributed by atoms with Crippen molar-refractivity contribution in [1.82, 2.24) is 9.97 Å². The van der Waals surface area contributed by atoms with E-state index < -0.39 is 18.2 Å². The Balaban J connectivity index is 1.50. The SMILES string of the molecule is O=C(Nc1ccncc1F)N1c2nc(-c3cccc(OC(F)(F)F)c3)ccc2N2CC[C@H]1C2. The van der Waals surface area contributed by atoms with E-state index in [-0.39, 0.29) is 17.5 Å². The van der Waals surface area contributed by atoms with Gasteiger partial charge in [0.05, 0.1) is 29.3 Å². The Hall–Kier alpha value is -3.89. The van der Waals surface area contributed by atoms with Crippen LogP contribution in [0.2, 0.25) is 0 Å². The maximum atomic E-state index is 14.0. The van der Waals surface area contributed by atoms with Gasteiger partial charge in [0.25, 0.3) is 0 Å². The molecule has 2 amide bonds. The monoisotopic (exact) mass is 459 g/mol. The Labute approximate surface area is 185 Å². The van der Waals surface area contributed by atoms with Crippen molar-refractivity contribution in [2.24, 2.45) is 0 Å². The number of aromatic nitrogens is 2. The van der Waals surface area contributed by atoms with Gasteiger partial charge in [0.2, 0.25) is 0 Å². The van der Waals surface area contributed by atoms with Crippen molar-refractivity contribution in [1.29, 1.82) is 0 Å². The number of fused-ring (bicyclic) bond motifs is 4. The molecule has 1 atom stereocenters. The van der Waals surface area contributed by atoms with Crippen LogP contribution in [-0.2, 0) is 0 Å². The van der Waals surface area contributed by atoms with Crippen LogP contribution < -0.4 is 19.9 Å². The number of rotatable bonds is 3. The molecule has 2 aliphatic rings. The number of nitrogens with one attached hydrogen (secondary N) is 1. The molecule has 0 saturated carbocycles. The summed E-state index contributed by atoms with van der Waals surface area (Å²) >= 11 is 0. The summed E-state index contributed by atoms with van der Waals surface area (Å²) in [6.45, 7) is 1.33. The Morgan fingerprint density at radius 1 is 1.18 bits per heavy atom. The molecule has 0 aliphatic carbocycles. The number of nitrogens with zero attached hydrogens (tertiary/aromatic N) is 4. The zero-order chi connectivity index (χ0) is 23.2. The van der Waals surface area contributed by atoms with Gasteiger partial charge in [0, 0.05) is 24.8 Å². The lowest BCUT2D eigenvalue weighted by molar-refractivity contribution is -0.274. The third-order valence-corrected chi connectivity index (χ3v) is 5.55. The van der Waals surface area contributed by atoms with Gasteiger partial charge in [0.1, 0.15) is 5.75 Å². The third kappa shape index (κ3) is 4.13. The third-order valence-electron chi connectivity index (χ3n) is 5.55. The standard InChI is InChI=1S/C22H17F4N5O2/c23-16-11-27-8-6-18(16)29-21(32)31-14-7-9-30(12-14)19-5-4-17(28-20(19)31)13-2-1-3-15(10-13)33-22(24,25)26/h1-6,8,10-11,14H,7,9,12H2,(H,27,29,32)/t14-/m0/s1. The minimum atomic E-state index is -4.81. The largest absolute Gasteiger partial charge is 0.573 e. The molecular weight excluding hydrogens is 442 g/mol. The summed E-state index contributed by atoms with van der Waals surface area (Å²) in [7, 11) is 0. The molecule has 2 aliphatic heterocycles. The number of carbonyl (C=O) groups excluding carboxylic acids is 1. The normalized spacial score (nSPS) is 17.0. The highest BCUT2D eigenvalue weighted by Gasteiger charge is 2.40. The van der Waals surface area contributed by atoms with Crippen LogP contribution in [0.4, 0.5) is 39.5 Å². The Kier molecular flexibility index (Phi) is 5.03. The molecule has 11 heteroatoms.